The zero-order valence-corrected chi connectivity index (χ0v) is 30.3. The fourth-order valence-electron chi connectivity index (χ4n) is 8.81. The SMILES string of the molecule is c1ccc(-c2nc(-n3c4ccc(-c5cccc6c5c5ccccc5n6-c5ccccc5)cc4c4ccc5ccccc5c43)nc3ccc4ccsc4c23)cc1. The van der Waals surface area contributed by atoms with Crippen LogP contribution in [0, 0.1) is 0 Å². The Morgan fingerprint density at radius 1 is 0.436 bits per heavy atom. The number of benzene rings is 8. The van der Waals surface area contributed by atoms with Crippen molar-refractivity contribution in [2.24, 2.45) is 0 Å². The minimum atomic E-state index is 0.666. The van der Waals surface area contributed by atoms with Crippen LogP contribution in [-0.2, 0) is 0 Å². The molecule has 0 saturated carbocycles. The molecule has 8 aromatic carbocycles. The number of hydrogen-bond donors (Lipinski definition) is 0. The summed E-state index contributed by atoms with van der Waals surface area (Å²) in [5.41, 5.74) is 11.1. The van der Waals surface area contributed by atoms with Gasteiger partial charge in [-0.1, -0.05) is 127 Å². The van der Waals surface area contributed by atoms with Gasteiger partial charge in [-0.05, 0) is 75.8 Å². The first-order chi connectivity index (χ1) is 27.3. The lowest BCUT2D eigenvalue weighted by molar-refractivity contribution is 1.02. The number of fused-ring (bicyclic) bond motifs is 11. The van der Waals surface area contributed by atoms with Crippen LogP contribution in [0.5, 0.6) is 0 Å². The number of rotatable bonds is 4. The minimum Gasteiger partial charge on any atom is -0.309 e. The molecule has 0 amide bonds. The smallest absolute Gasteiger partial charge is 0.235 e. The molecule has 0 fully saturated rings. The maximum atomic E-state index is 5.49. The molecule has 12 rings (SSSR count). The second kappa shape index (κ2) is 11.7. The average Bonchev–Trinajstić information content (AvgIpc) is 3.96. The summed E-state index contributed by atoms with van der Waals surface area (Å²) < 4.78 is 5.89. The van der Waals surface area contributed by atoms with Crippen LogP contribution in [0.25, 0.3) is 109 Å². The highest BCUT2D eigenvalue weighted by atomic mass is 32.1. The van der Waals surface area contributed by atoms with Crippen LogP contribution < -0.4 is 0 Å². The van der Waals surface area contributed by atoms with Crippen molar-refractivity contribution in [3.63, 3.8) is 0 Å². The van der Waals surface area contributed by atoms with Gasteiger partial charge in [-0.2, -0.15) is 0 Å². The Balaban J connectivity index is 1.17. The Hall–Kier alpha value is -7.08. The Kier molecular flexibility index (Phi) is 6.47. The summed E-state index contributed by atoms with van der Waals surface area (Å²) in [4.78, 5) is 10.9. The van der Waals surface area contributed by atoms with Gasteiger partial charge in [0.25, 0.3) is 0 Å². The van der Waals surface area contributed by atoms with Gasteiger partial charge >= 0.3 is 0 Å². The van der Waals surface area contributed by atoms with Gasteiger partial charge in [-0.15, -0.1) is 11.3 Å². The molecule has 5 heteroatoms. The van der Waals surface area contributed by atoms with Gasteiger partial charge < -0.3 is 4.57 Å². The Morgan fingerprint density at radius 2 is 1.18 bits per heavy atom. The Morgan fingerprint density at radius 3 is 2.07 bits per heavy atom. The van der Waals surface area contributed by atoms with Crippen LogP contribution in [0.3, 0.4) is 0 Å². The molecule has 4 aromatic heterocycles. The van der Waals surface area contributed by atoms with Crippen molar-refractivity contribution in [1.29, 1.82) is 0 Å². The van der Waals surface area contributed by atoms with Gasteiger partial charge in [0.2, 0.25) is 5.95 Å². The van der Waals surface area contributed by atoms with E-state index in [-0.39, 0.29) is 0 Å². The first kappa shape index (κ1) is 30.4. The molecule has 0 bridgehead atoms. The van der Waals surface area contributed by atoms with E-state index >= 15 is 0 Å². The molecule has 55 heavy (non-hydrogen) atoms. The highest BCUT2D eigenvalue weighted by molar-refractivity contribution is 7.18. The topological polar surface area (TPSA) is 35.6 Å². The summed E-state index contributed by atoms with van der Waals surface area (Å²) >= 11 is 1.75. The molecule has 0 unspecified atom stereocenters. The van der Waals surface area contributed by atoms with Gasteiger partial charge in [0.1, 0.15) is 0 Å². The van der Waals surface area contributed by atoms with Crippen molar-refractivity contribution in [2.45, 2.75) is 0 Å². The first-order valence-electron chi connectivity index (χ1n) is 18.6. The van der Waals surface area contributed by atoms with E-state index < -0.39 is 0 Å². The molecule has 0 aliphatic heterocycles. The van der Waals surface area contributed by atoms with E-state index in [0.717, 1.165) is 38.9 Å². The van der Waals surface area contributed by atoms with E-state index in [1.165, 1.54) is 64.6 Å². The third-order valence-electron chi connectivity index (χ3n) is 11.2. The number of aromatic nitrogens is 4. The van der Waals surface area contributed by atoms with Crippen LogP contribution >= 0.6 is 11.3 Å². The largest absolute Gasteiger partial charge is 0.309 e. The molecular weight excluding hydrogens is 689 g/mol. The van der Waals surface area contributed by atoms with Gasteiger partial charge in [0, 0.05) is 48.3 Å². The normalized spacial score (nSPS) is 12.0. The van der Waals surface area contributed by atoms with E-state index in [4.69, 9.17) is 9.97 Å². The van der Waals surface area contributed by atoms with Crippen LogP contribution in [0.2, 0.25) is 0 Å². The highest BCUT2D eigenvalue weighted by Crippen LogP contribution is 2.43. The summed E-state index contributed by atoms with van der Waals surface area (Å²) in [7, 11) is 0. The van der Waals surface area contributed by atoms with E-state index in [0.29, 0.717) is 5.95 Å². The zero-order valence-electron chi connectivity index (χ0n) is 29.5. The standard InChI is InChI=1S/C50H30N4S/c1-3-13-32(14-4-1)47-46-41(26-23-33-28-29-55-49(33)46)51-50(52-47)54-43-27-24-34(30-40(43)38-25-22-31-12-7-8-17-37(31)48(38)54)36-19-11-21-44-45(36)39-18-9-10-20-42(39)53(44)35-15-5-2-6-16-35/h1-30H. The third-order valence-corrected chi connectivity index (χ3v) is 12.1. The fraction of sp³-hybridized carbons (Fsp3) is 0. The molecule has 4 nitrogen and oxygen atoms in total. The monoisotopic (exact) mass is 718 g/mol. The maximum Gasteiger partial charge on any atom is 0.235 e. The molecule has 0 N–H and O–H groups in total. The van der Waals surface area contributed by atoms with Gasteiger partial charge in [0.05, 0.1) is 33.3 Å². The summed E-state index contributed by atoms with van der Waals surface area (Å²) in [5, 5.41) is 11.6. The quantitative estimate of drug-likeness (QED) is 0.182. The molecule has 256 valence electrons. The predicted octanol–water partition coefficient (Wildman–Crippen LogP) is 13.5. The third kappa shape index (κ3) is 4.45. The van der Waals surface area contributed by atoms with E-state index in [9.17, 15) is 0 Å². The molecule has 0 spiro atoms. The lowest BCUT2D eigenvalue weighted by Gasteiger charge is -2.13. The van der Waals surface area contributed by atoms with Crippen molar-refractivity contribution in [1.82, 2.24) is 19.1 Å². The second-order valence-corrected chi connectivity index (χ2v) is 15.1. The lowest BCUT2D eigenvalue weighted by Crippen LogP contribution is -2.04. The second-order valence-electron chi connectivity index (χ2n) is 14.2. The predicted molar refractivity (Wildman–Crippen MR) is 232 cm³/mol. The molecule has 0 atom stereocenters. The Bertz CT molecular complexity index is 3480. The van der Waals surface area contributed by atoms with E-state index in [1.54, 1.807) is 11.3 Å². The van der Waals surface area contributed by atoms with Gasteiger partial charge in [-0.25, -0.2) is 9.97 Å². The van der Waals surface area contributed by atoms with Crippen molar-refractivity contribution >= 4 is 86.7 Å². The van der Waals surface area contributed by atoms with Crippen molar-refractivity contribution < 1.29 is 0 Å². The average molecular weight is 719 g/mol. The number of hydrogen-bond acceptors (Lipinski definition) is 3. The Labute approximate surface area is 319 Å². The number of para-hydroxylation sites is 2. The van der Waals surface area contributed by atoms with Crippen molar-refractivity contribution in [3.05, 3.63) is 181 Å². The highest BCUT2D eigenvalue weighted by Gasteiger charge is 2.22. The van der Waals surface area contributed by atoms with Crippen LogP contribution in [0.15, 0.2) is 181 Å². The van der Waals surface area contributed by atoms with Gasteiger partial charge in [0.15, 0.2) is 0 Å². The van der Waals surface area contributed by atoms with Gasteiger partial charge in [-0.3, -0.25) is 4.57 Å². The van der Waals surface area contributed by atoms with E-state index in [1.807, 2.05) is 0 Å². The molecule has 0 aliphatic rings. The molecule has 4 heterocycles. The summed E-state index contributed by atoms with van der Waals surface area (Å²) in [6.07, 6.45) is 0. The lowest BCUT2D eigenvalue weighted by atomic mass is 9.97. The van der Waals surface area contributed by atoms with E-state index in [2.05, 4.69) is 190 Å². The molecular formula is C50H30N4S. The molecule has 0 radical (unpaired) electrons. The zero-order chi connectivity index (χ0) is 36.0. The minimum absolute atomic E-state index is 0.666. The molecule has 0 aliphatic carbocycles. The number of thiophene rings is 1. The summed E-state index contributed by atoms with van der Waals surface area (Å²) in [6, 6.07) is 63.3. The molecule has 0 saturated heterocycles. The van der Waals surface area contributed by atoms with Crippen LogP contribution in [0.1, 0.15) is 0 Å². The molecule has 12 aromatic rings. The van der Waals surface area contributed by atoms with Crippen molar-refractivity contribution in [2.75, 3.05) is 0 Å². The van der Waals surface area contributed by atoms with Crippen LogP contribution in [-0.4, -0.2) is 19.1 Å². The van der Waals surface area contributed by atoms with Crippen LogP contribution in [0.4, 0.5) is 0 Å². The van der Waals surface area contributed by atoms with Crippen molar-refractivity contribution in [3.8, 4) is 34.0 Å². The maximum absolute atomic E-state index is 5.49. The number of nitrogens with zero attached hydrogens (tertiary/aromatic N) is 4. The first-order valence-corrected chi connectivity index (χ1v) is 19.5. The summed E-state index contributed by atoms with van der Waals surface area (Å²) in [5.74, 6) is 0.666. The fourth-order valence-corrected chi connectivity index (χ4v) is 9.75. The summed E-state index contributed by atoms with van der Waals surface area (Å²) in [6.45, 7) is 0.